The number of rotatable bonds is 7. The lowest BCUT2D eigenvalue weighted by molar-refractivity contribution is -0.114. The van der Waals surface area contributed by atoms with Crippen LogP contribution in [-0.4, -0.2) is 27.1 Å². The van der Waals surface area contributed by atoms with Crippen LogP contribution in [0.25, 0.3) is 0 Å². The largest absolute Gasteiger partial charge is 0.457 e. The summed E-state index contributed by atoms with van der Waals surface area (Å²) in [6.07, 6.45) is 0.993. The number of amides is 1. The van der Waals surface area contributed by atoms with Crippen LogP contribution >= 0.6 is 23.2 Å². The molecular weight excluding hydrogens is 447 g/mol. The van der Waals surface area contributed by atoms with E-state index in [1.807, 2.05) is 30.3 Å². The summed E-state index contributed by atoms with van der Waals surface area (Å²) in [6, 6.07) is 20.4. The van der Waals surface area contributed by atoms with Crippen molar-refractivity contribution in [3.05, 3.63) is 82.8 Å². The van der Waals surface area contributed by atoms with E-state index in [2.05, 4.69) is 5.32 Å². The van der Waals surface area contributed by atoms with Gasteiger partial charge in [0.2, 0.25) is 15.9 Å². The van der Waals surface area contributed by atoms with Gasteiger partial charge in [-0.15, -0.1) is 0 Å². The van der Waals surface area contributed by atoms with E-state index in [0.29, 0.717) is 22.2 Å². The SMILES string of the molecule is CS(=O)(=O)N(CC(=O)Nc1ccc(Oc2ccccc2)cc1)c1cc(Cl)ccc1Cl. The number of sulfonamides is 1. The smallest absolute Gasteiger partial charge is 0.245 e. The van der Waals surface area contributed by atoms with Crippen molar-refractivity contribution in [2.75, 3.05) is 22.4 Å². The summed E-state index contributed by atoms with van der Waals surface area (Å²) in [5, 5.41) is 3.13. The third-order valence-electron chi connectivity index (χ3n) is 3.98. The minimum absolute atomic E-state index is 0.133. The molecule has 0 heterocycles. The average Bonchev–Trinajstić information content (AvgIpc) is 2.70. The summed E-state index contributed by atoms with van der Waals surface area (Å²) in [5.41, 5.74) is 0.625. The van der Waals surface area contributed by atoms with Crippen LogP contribution in [0.3, 0.4) is 0 Å². The number of ether oxygens (including phenoxy) is 1. The second-order valence-electron chi connectivity index (χ2n) is 6.35. The summed E-state index contributed by atoms with van der Waals surface area (Å²) in [7, 11) is -3.78. The molecule has 0 fully saturated rings. The van der Waals surface area contributed by atoms with Gasteiger partial charge in [0, 0.05) is 10.7 Å². The lowest BCUT2D eigenvalue weighted by Crippen LogP contribution is -2.37. The monoisotopic (exact) mass is 464 g/mol. The molecule has 0 radical (unpaired) electrons. The minimum atomic E-state index is -3.78. The van der Waals surface area contributed by atoms with Crippen LogP contribution in [0.4, 0.5) is 11.4 Å². The molecule has 0 atom stereocenters. The molecule has 0 aromatic heterocycles. The molecule has 0 aliphatic carbocycles. The molecule has 1 N–H and O–H groups in total. The van der Waals surface area contributed by atoms with Crippen LogP contribution in [0, 0.1) is 0 Å². The standard InChI is InChI=1S/C21H18Cl2N2O4S/c1-30(27,28)25(20-13-15(22)7-12-19(20)23)14-21(26)24-16-8-10-18(11-9-16)29-17-5-3-2-4-6-17/h2-13H,14H2,1H3,(H,24,26). The second-order valence-corrected chi connectivity index (χ2v) is 9.10. The predicted molar refractivity (Wildman–Crippen MR) is 120 cm³/mol. The van der Waals surface area contributed by atoms with Gasteiger partial charge in [0.05, 0.1) is 17.0 Å². The minimum Gasteiger partial charge on any atom is -0.457 e. The molecule has 0 unspecified atom stereocenters. The zero-order valence-electron chi connectivity index (χ0n) is 15.9. The fourth-order valence-electron chi connectivity index (χ4n) is 2.62. The fraction of sp³-hybridized carbons (Fsp3) is 0.0952. The Bertz CT molecular complexity index is 1140. The predicted octanol–water partition coefficient (Wildman–Crippen LogP) is 5.19. The topological polar surface area (TPSA) is 75.7 Å². The lowest BCUT2D eigenvalue weighted by atomic mass is 10.3. The molecule has 0 aliphatic rings. The number of carbonyl (C=O) groups is 1. The van der Waals surface area contributed by atoms with Crippen LogP contribution in [0.5, 0.6) is 11.5 Å². The van der Waals surface area contributed by atoms with E-state index in [9.17, 15) is 13.2 Å². The van der Waals surface area contributed by atoms with Gasteiger partial charge in [-0.1, -0.05) is 41.4 Å². The molecule has 0 saturated heterocycles. The highest BCUT2D eigenvalue weighted by Crippen LogP contribution is 2.30. The zero-order valence-corrected chi connectivity index (χ0v) is 18.2. The number of nitrogens with zero attached hydrogens (tertiary/aromatic N) is 1. The highest BCUT2D eigenvalue weighted by Gasteiger charge is 2.23. The van der Waals surface area contributed by atoms with E-state index in [0.717, 1.165) is 10.6 Å². The van der Waals surface area contributed by atoms with Gasteiger partial charge in [0.1, 0.15) is 18.0 Å². The summed E-state index contributed by atoms with van der Waals surface area (Å²) < 4.78 is 31.1. The quantitative estimate of drug-likeness (QED) is 0.521. The molecule has 3 aromatic rings. The molecule has 0 spiro atoms. The third kappa shape index (κ3) is 5.89. The van der Waals surface area contributed by atoms with Crippen molar-refractivity contribution >= 4 is 50.5 Å². The van der Waals surface area contributed by atoms with Gasteiger partial charge in [0.15, 0.2) is 0 Å². The summed E-state index contributed by atoms with van der Waals surface area (Å²) >= 11 is 12.1. The van der Waals surface area contributed by atoms with Crippen molar-refractivity contribution < 1.29 is 17.9 Å². The molecule has 156 valence electrons. The van der Waals surface area contributed by atoms with Crippen LogP contribution in [-0.2, 0) is 14.8 Å². The number of anilines is 2. The van der Waals surface area contributed by atoms with E-state index >= 15 is 0 Å². The number of hydrogen-bond acceptors (Lipinski definition) is 4. The van der Waals surface area contributed by atoms with Gasteiger partial charge < -0.3 is 10.1 Å². The van der Waals surface area contributed by atoms with Crippen molar-refractivity contribution in [1.82, 2.24) is 0 Å². The van der Waals surface area contributed by atoms with Crippen molar-refractivity contribution in [1.29, 1.82) is 0 Å². The first-order chi connectivity index (χ1) is 14.2. The number of nitrogens with one attached hydrogen (secondary N) is 1. The van der Waals surface area contributed by atoms with Gasteiger partial charge in [-0.3, -0.25) is 9.10 Å². The zero-order chi connectivity index (χ0) is 21.7. The van der Waals surface area contributed by atoms with E-state index in [4.69, 9.17) is 27.9 Å². The molecule has 9 heteroatoms. The normalized spacial score (nSPS) is 11.0. The fourth-order valence-corrected chi connectivity index (χ4v) is 3.92. The Balaban J connectivity index is 1.70. The summed E-state index contributed by atoms with van der Waals surface area (Å²) in [5.74, 6) is 0.757. The first-order valence-electron chi connectivity index (χ1n) is 8.78. The van der Waals surface area contributed by atoms with Gasteiger partial charge in [0.25, 0.3) is 0 Å². The van der Waals surface area contributed by atoms with Gasteiger partial charge in [-0.25, -0.2) is 8.42 Å². The van der Waals surface area contributed by atoms with E-state index < -0.39 is 22.5 Å². The van der Waals surface area contributed by atoms with Gasteiger partial charge in [-0.05, 0) is 54.6 Å². The second kappa shape index (κ2) is 9.38. The van der Waals surface area contributed by atoms with Crippen molar-refractivity contribution in [3.8, 4) is 11.5 Å². The summed E-state index contributed by atoms with van der Waals surface area (Å²) in [4.78, 5) is 12.5. The lowest BCUT2D eigenvalue weighted by Gasteiger charge is -2.23. The van der Waals surface area contributed by atoms with Crippen molar-refractivity contribution in [3.63, 3.8) is 0 Å². The molecular formula is C21H18Cl2N2O4S. The highest BCUT2D eigenvalue weighted by molar-refractivity contribution is 7.92. The Morgan fingerprint density at radius 2 is 1.60 bits per heavy atom. The van der Waals surface area contributed by atoms with Crippen LogP contribution in [0.1, 0.15) is 0 Å². The van der Waals surface area contributed by atoms with E-state index in [-0.39, 0.29) is 10.7 Å². The van der Waals surface area contributed by atoms with Crippen LogP contribution in [0.2, 0.25) is 10.0 Å². The van der Waals surface area contributed by atoms with Gasteiger partial charge in [-0.2, -0.15) is 0 Å². The Hall–Kier alpha value is -2.74. The van der Waals surface area contributed by atoms with E-state index in [1.165, 1.54) is 18.2 Å². The molecule has 3 rings (SSSR count). The maximum Gasteiger partial charge on any atom is 0.245 e. The number of para-hydroxylation sites is 1. The summed E-state index contributed by atoms with van der Waals surface area (Å²) in [6.45, 7) is -0.457. The van der Waals surface area contributed by atoms with Crippen LogP contribution < -0.4 is 14.4 Å². The first-order valence-corrected chi connectivity index (χ1v) is 11.4. The Morgan fingerprint density at radius 3 is 2.23 bits per heavy atom. The Kier molecular flexibility index (Phi) is 6.87. The molecule has 0 saturated carbocycles. The van der Waals surface area contributed by atoms with Crippen molar-refractivity contribution in [2.45, 2.75) is 0 Å². The third-order valence-corrected chi connectivity index (χ3v) is 5.66. The Morgan fingerprint density at radius 1 is 0.967 bits per heavy atom. The van der Waals surface area contributed by atoms with Crippen molar-refractivity contribution in [2.24, 2.45) is 0 Å². The molecule has 1 amide bonds. The molecule has 0 aliphatic heterocycles. The maximum atomic E-state index is 12.5. The number of benzene rings is 3. The average molecular weight is 465 g/mol. The maximum absolute atomic E-state index is 12.5. The molecule has 6 nitrogen and oxygen atoms in total. The number of halogens is 2. The molecule has 3 aromatic carbocycles. The Labute approximate surface area is 185 Å². The van der Waals surface area contributed by atoms with Crippen LogP contribution in [0.15, 0.2) is 72.8 Å². The van der Waals surface area contributed by atoms with E-state index in [1.54, 1.807) is 24.3 Å². The number of carbonyl (C=O) groups excluding carboxylic acids is 1. The number of hydrogen-bond donors (Lipinski definition) is 1. The first kappa shape index (κ1) is 22.0. The molecule has 0 bridgehead atoms. The van der Waals surface area contributed by atoms with Gasteiger partial charge >= 0.3 is 0 Å². The highest BCUT2D eigenvalue weighted by atomic mass is 35.5. The molecule has 30 heavy (non-hydrogen) atoms.